The largest absolute Gasteiger partial charge is 0.388 e. The Morgan fingerprint density at radius 1 is 1.26 bits per heavy atom. The van der Waals surface area contributed by atoms with Crippen molar-refractivity contribution in [2.45, 2.75) is 44.1 Å². The summed E-state index contributed by atoms with van der Waals surface area (Å²) in [5.74, 6) is 0.0332. The summed E-state index contributed by atoms with van der Waals surface area (Å²) in [6, 6.07) is 3.01. The molecule has 0 amide bonds. The molecule has 0 saturated carbocycles. The van der Waals surface area contributed by atoms with Crippen molar-refractivity contribution >= 4 is 28.5 Å². The van der Waals surface area contributed by atoms with E-state index in [1.54, 1.807) is 22.9 Å². The SMILES string of the molecule is Nc1ncnc2c1ccn2C1C=C(CCc2cc(Cl)c(F)c3c2CNCC3)C(O)[C@@H]1O. The lowest BCUT2D eigenvalue weighted by molar-refractivity contribution is 0.0317. The molecule has 0 radical (unpaired) electrons. The average molecular weight is 444 g/mol. The molecule has 0 saturated heterocycles. The Kier molecular flexibility index (Phi) is 5.18. The molecule has 5 N–H and O–H groups in total. The Balaban J connectivity index is 1.43. The van der Waals surface area contributed by atoms with Crippen molar-refractivity contribution in [3.05, 3.63) is 63.8 Å². The number of nitrogen functional groups attached to an aromatic ring is 1. The van der Waals surface area contributed by atoms with Crippen LogP contribution in [-0.4, -0.2) is 43.5 Å². The summed E-state index contributed by atoms with van der Waals surface area (Å²) in [6.07, 6.45) is 4.77. The van der Waals surface area contributed by atoms with E-state index >= 15 is 0 Å². The molecule has 2 aromatic heterocycles. The zero-order valence-electron chi connectivity index (χ0n) is 16.7. The summed E-state index contributed by atoms with van der Waals surface area (Å²) in [5.41, 5.74) is 9.84. The maximum atomic E-state index is 14.4. The van der Waals surface area contributed by atoms with Crippen molar-refractivity contribution in [2.75, 3.05) is 12.3 Å². The number of halogens is 2. The first-order chi connectivity index (χ1) is 15.0. The van der Waals surface area contributed by atoms with Crippen LogP contribution < -0.4 is 11.1 Å². The number of anilines is 1. The minimum Gasteiger partial charge on any atom is -0.388 e. The second kappa shape index (κ2) is 7.87. The first-order valence-electron chi connectivity index (χ1n) is 10.3. The smallest absolute Gasteiger partial charge is 0.146 e. The lowest BCUT2D eigenvalue weighted by Gasteiger charge is -2.22. The number of nitrogens with zero attached hydrogens (tertiary/aromatic N) is 3. The maximum Gasteiger partial charge on any atom is 0.146 e. The van der Waals surface area contributed by atoms with E-state index in [-0.39, 0.29) is 10.8 Å². The molecule has 3 atom stereocenters. The van der Waals surface area contributed by atoms with E-state index in [4.69, 9.17) is 17.3 Å². The number of hydrogen-bond donors (Lipinski definition) is 4. The number of aliphatic hydroxyl groups excluding tert-OH is 2. The van der Waals surface area contributed by atoms with Crippen molar-refractivity contribution < 1.29 is 14.6 Å². The summed E-state index contributed by atoms with van der Waals surface area (Å²) in [4.78, 5) is 8.27. The fraction of sp³-hybridized carbons (Fsp3) is 0.364. The molecular weight excluding hydrogens is 421 g/mol. The molecule has 31 heavy (non-hydrogen) atoms. The molecule has 2 unspecified atom stereocenters. The zero-order valence-corrected chi connectivity index (χ0v) is 17.5. The van der Waals surface area contributed by atoms with Crippen LogP contribution in [-0.2, 0) is 19.4 Å². The van der Waals surface area contributed by atoms with Crippen LogP contribution in [0.15, 0.2) is 36.3 Å². The Bertz CT molecular complexity index is 1190. The van der Waals surface area contributed by atoms with Gasteiger partial charge in [-0.15, -0.1) is 0 Å². The molecule has 1 aromatic carbocycles. The van der Waals surface area contributed by atoms with Crippen LogP contribution in [0.4, 0.5) is 10.2 Å². The Labute approximate surface area is 183 Å². The van der Waals surface area contributed by atoms with Crippen LogP contribution in [0, 0.1) is 5.82 Å². The van der Waals surface area contributed by atoms with Gasteiger partial charge in [0.05, 0.1) is 16.5 Å². The van der Waals surface area contributed by atoms with Gasteiger partial charge in [-0.2, -0.15) is 0 Å². The van der Waals surface area contributed by atoms with Gasteiger partial charge in [-0.1, -0.05) is 17.7 Å². The molecule has 5 rings (SSSR count). The minimum absolute atomic E-state index is 0.130. The van der Waals surface area contributed by atoms with E-state index in [2.05, 4.69) is 15.3 Å². The molecule has 3 aromatic rings. The van der Waals surface area contributed by atoms with Crippen molar-refractivity contribution in [2.24, 2.45) is 0 Å². The second-order valence-corrected chi connectivity index (χ2v) is 8.51. The predicted molar refractivity (Wildman–Crippen MR) is 116 cm³/mol. The van der Waals surface area contributed by atoms with Crippen LogP contribution in [0.2, 0.25) is 5.02 Å². The van der Waals surface area contributed by atoms with Crippen molar-refractivity contribution in [1.82, 2.24) is 19.9 Å². The van der Waals surface area contributed by atoms with Gasteiger partial charge in [0.15, 0.2) is 0 Å². The molecule has 1 aliphatic carbocycles. The van der Waals surface area contributed by atoms with Gasteiger partial charge in [0.2, 0.25) is 0 Å². The van der Waals surface area contributed by atoms with E-state index < -0.39 is 18.2 Å². The number of hydrogen-bond acceptors (Lipinski definition) is 6. The quantitative estimate of drug-likeness (QED) is 0.461. The third-order valence-electron chi connectivity index (χ3n) is 6.36. The van der Waals surface area contributed by atoms with Crippen molar-refractivity contribution in [3.63, 3.8) is 0 Å². The normalized spacial score (nSPS) is 23.2. The van der Waals surface area contributed by atoms with E-state index in [0.29, 0.717) is 48.2 Å². The first-order valence-corrected chi connectivity index (χ1v) is 10.7. The Morgan fingerprint density at radius 3 is 2.94 bits per heavy atom. The van der Waals surface area contributed by atoms with Crippen LogP contribution in [0.5, 0.6) is 0 Å². The highest BCUT2D eigenvalue weighted by atomic mass is 35.5. The maximum absolute atomic E-state index is 14.4. The number of aliphatic hydroxyl groups is 2. The van der Waals surface area contributed by atoms with E-state index in [9.17, 15) is 14.6 Å². The van der Waals surface area contributed by atoms with Crippen LogP contribution in [0.3, 0.4) is 0 Å². The number of rotatable bonds is 4. The summed E-state index contributed by atoms with van der Waals surface area (Å²) in [5, 5.41) is 25.5. The molecule has 162 valence electrons. The summed E-state index contributed by atoms with van der Waals surface area (Å²) >= 11 is 6.13. The van der Waals surface area contributed by atoms with Gasteiger partial charge in [0.1, 0.15) is 35.8 Å². The molecule has 0 spiro atoms. The van der Waals surface area contributed by atoms with E-state index in [1.165, 1.54) is 6.33 Å². The molecular formula is C22H23ClFN5O2. The molecule has 2 aliphatic rings. The number of aryl methyl sites for hydroxylation is 1. The van der Waals surface area contributed by atoms with Gasteiger partial charge in [0.25, 0.3) is 0 Å². The molecule has 0 fully saturated rings. The predicted octanol–water partition coefficient (Wildman–Crippen LogP) is 2.29. The number of fused-ring (bicyclic) bond motifs is 2. The summed E-state index contributed by atoms with van der Waals surface area (Å²) in [6.45, 7) is 1.32. The first kappa shape index (κ1) is 20.4. The monoisotopic (exact) mass is 443 g/mol. The van der Waals surface area contributed by atoms with E-state index in [0.717, 1.165) is 23.2 Å². The molecule has 3 heterocycles. The summed E-state index contributed by atoms with van der Waals surface area (Å²) < 4.78 is 16.2. The number of benzene rings is 1. The minimum atomic E-state index is -1.01. The van der Waals surface area contributed by atoms with Crippen molar-refractivity contribution in [1.29, 1.82) is 0 Å². The number of nitrogens with two attached hydrogens (primary N) is 1. The van der Waals surface area contributed by atoms with Gasteiger partial charge in [-0.05, 0) is 60.2 Å². The van der Waals surface area contributed by atoms with Crippen LogP contribution in [0.1, 0.15) is 29.2 Å². The topological polar surface area (TPSA) is 109 Å². The highest BCUT2D eigenvalue weighted by Crippen LogP contribution is 2.36. The lowest BCUT2D eigenvalue weighted by Crippen LogP contribution is -2.29. The van der Waals surface area contributed by atoms with Crippen molar-refractivity contribution in [3.8, 4) is 0 Å². The highest BCUT2D eigenvalue weighted by Gasteiger charge is 2.36. The van der Waals surface area contributed by atoms with Gasteiger partial charge in [-0.25, -0.2) is 14.4 Å². The lowest BCUT2D eigenvalue weighted by atomic mass is 9.91. The number of nitrogens with one attached hydrogen (secondary N) is 1. The van der Waals surface area contributed by atoms with Gasteiger partial charge in [0, 0.05) is 12.7 Å². The second-order valence-electron chi connectivity index (χ2n) is 8.10. The molecule has 0 bridgehead atoms. The Hall–Kier alpha value is -2.52. The van der Waals surface area contributed by atoms with Gasteiger partial charge >= 0.3 is 0 Å². The summed E-state index contributed by atoms with van der Waals surface area (Å²) in [7, 11) is 0. The zero-order chi connectivity index (χ0) is 21.7. The van der Waals surface area contributed by atoms with E-state index in [1.807, 2.05) is 6.08 Å². The number of aromatic nitrogens is 3. The van der Waals surface area contributed by atoms with Crippen LogP contribution in [0.25, 0.3) is 11.0 Å². The fourth-order valence-corrected chi connectivity index (χ4v) is 4.96. The third kappa shape index (κ3) is 3.40. The van der Waals surface area contributed by atoms with Gasteiger partial charge < -0.3 is 25.8 Å². The average Bonchev–Trinajstić information content (AvgIpc) is 3.32. The molecule has 9 heteroatoms. The van der Waals surface area contributed by atoms with Crippen LogP contribution >= 0.6 is 11.6 Å². The molecule has 7 nitrogen and oxygen atoms in total. The van der Waals surface area contributed by atoms with Gasteiger partial charge in [-0.3, -0.25) is 0 Å². The highest BCUT2D eigenvalue weighted by molar-refractivity contribution is 6.30. The third-order valence-corrected chi connectivity index (χ3v) is 6.64. The fourth-order valence-electron chi connectivity index (χ4n) is 4.71. The molecule has 1 aliphatic heterocycles. The Morgan fingerprint density at radius 2 is 2.10 bits per heavy atom. The standard InChI is InChI=1S/C22H23ClFN5O2/c23-16-7-11(15-9-26-5-3-13(15)18(16)24)1-2-12-8-17(20(31)19(12)30)29-6-4-14-21(25)27-10-28-22(14)29/h4,6-8,10,17,19-20,26,30-31H,1-3,5,9H2,(H2,25,27,28)/t17?,19?,20-/m1/s1.